The van der Waals surface area contributed by atoms with Gasteiger partial charge in [-0.15, -0.1) is 0 Å². The predicted molar refractivity (Wildman–Crippen MR) is 88.2 cm³/mol. The zero-order valence-electron chi connectivity index (χ0n) is 14.0. The molecule has 6 heteroatoms. The normalized spacial score (nSPS) is 23.5. The zero-order valence-corrected chi connectivity index (χ0v) is 14.0. The Morgan fingerprint density at radius 3 is 2.46 bits per heavy atom. The van der Waals surface area contributed by atoms with Crippen LogP contribution in [0.5, 0.6) is 5.75 Å². The maximum atomic E-state index is 10.8. The number of methoxy groups -OCH3 is 1. The van der Waals surface area contributed by atoms with Crippen molar-refractivity contribution in [3.63, 3.8) is 0 Å². The van der Waals surface area contributed by atoms with Crippen LogP contribution in [0.2, 0.25) is 0 Å². The van der Waals surface area contributed by atoms with Crippen molar-refractivity contribution in [3.8, 4) is 5.75 Å². The number of likely N-dealkylation sites (tertiary alicyclic amines) is 2. The van der Waals surface area contributed by atoms with Gasteiger partial charge in [-0.25, -0.2) is 4.79 Å². The fourth-order valence-electron chi connectivity index (χ4n) is 4.16. The van der Waals surface area contributed by atoms with Gasteiger partial charge in [0.1, 0.15) is 5.75 Å². The Kier molecular flexibility index (Phi) is 3.89. The highest BCUT2D eigenvalue weighted by atomic mass is 16.5. The van der Waals surface area contributed by atoms with Gasteiger partial charge >= 0.3 is 6.09 Å². The van der Waals surface area contributed by atoms with E-state index >= 15 is 0 Å². The molecule has 2 heterocycles. The summed E-state index contributed by atoms with van der Waals surface area (Å²) in [4.78, 5) is 14.7. The van der Waals surface area contributed by atoms with Crippen LogP contribution >= 0.6 is 0 Å². The number of hydrogen-bond donors (Lipinski definition) is 1. The number of carboxylic acid groups (broad SMARTS) is 1. The van der Waals surface area contributed by atoms with Crippen LogP contribution in [0.15, 0.2) is 24.3 Å². The first-order valence-corrected chi connectivity index (χ1v) is 8.54. The highest BCUT2D eigenvalue weighted by molar-refractivity contribution is 5.66. The van der Waals surface area contributed by atoms with E-state index in [0.717, 1.165) is 38.2 Å². The van der Waals surface area contributed by atoms with E-state index in [1.807, 2.05) is 12.1 Å². The second-order valence-electron chi connectivity index (χ2n) is 7.47. The van der Waals surface area contributed by atoms with E-state index < -0.39 is 6.09 Å². The lowest BCUT2D eigenvalue weighted by Gasteiger charge is -2.58. The number of rotatable bonds is 5. The van der Waals surface area contributed by atoms with Gasteiger partial charge in [0.2, 0.25) is 0 Å². The molecular formula is C18H24N2O4. The first kappa shape index (κ1) is 15.7. The molecule has 1 aliphatic carbocycles. The molecule has 1 saturated carbocycles. The van der Waals surface area contributed by atoms with Gasteiger partial charge in [-0.05, 0) is 30.5 Å². The van der Waals surface area contributed by atoms with Gasteiger partial charge in [0, 0.05) is 38.1 Å². The molecular weight excluding hydrogens is 308 g/mol. The number of hydrogen-bond acceptors (Lipinski definition) is 4. The molecule has 1 aromatic carbocycles. The van der Waals surface area contributed by atoms with E-state index in [9.17, 15) is 4.79 Å². The Morgan fingerprint density at radius 2 is 1.88 bits per heavy atom. The van der Waals surface area contributed by atoms with Gasteiger partial charge in [0.25, 0.3) is 0 Å². The lowest BCUT2D eigenvalue weighted by molar-refractivity contribution is -0.185. The van der Waals surface area contributed by atoms with E-state index in [0.29, 0.717) is 25.3 Å². The minimum Gasteiger partial charge on any atom is -0.497 e. The van der Waals surface area contributed by atoms with E-state index in [4.69, 9.17) is 14.6 Å². The quantitative estimate of drug-likeness (QED) is 0.894. The number of carbonyl (C=O) groups is 1. The van der Waals surface area contributed by atoms with Crippen LogP contribution in [0.25, 0.3) is 0 Å². The molecule has 4 rings (SSSR count). The van der Waals surface area contributed by atoms with Gasteiger partial charge in [0.15, 0.2) is 0 Å². The van der Waals surface area contributed by atoms with Crippen molar-refractivity contribution in [2.45, 2.75) is 31.6 Å². The second-order valence-corrected chi connectivity index (χ2v) is 7.47. The average Bonchev–Trinajstić information content (AvgIpc) is 2.45. The molecule has 0 atom stereocenters. The molecule has 1 N–H and O–H groups in total. The predicted octanol–water partition coefficient (Wildman–Crippen LogP) is 2.04. The Balaban J connectivity index is 1.14. The summed E-state index contributed by atoms with van der Waals surface area (Å²) in [6.07, 6.45) is 1.91. The fraction of sp³-hybridized carbons (Fsp3) is 0.611. The highest BCUT2D eigenvalue weighted by Crippen LogP contribution is 2.50. The molecule has 24 heavy (non-hydrogen) atoms. The molecule has 1 aromatic rings. The van der Waals surface area contributed by atoms with Gasteiger partial charge < -0.3 is 19.5 Å². The third-order valence-corrected chi connectivity index (χ3v) is 5.52. The summed E-state index contributed by atoms with van der Waals surface area (Å²) in [5.74, 6) is 0.889. The maximum Gasteiger partial charge on any atom is 0.407 e. The minimum absolute atomic E-state index is 0.232. The van der Waals surface area contributed by atoms with Gasteiger partial charge in [-0.2, -0.15) is 0 Å². The summed E-state index contributed by atoms with van der Waals surface area (Å²) >= 11 is 0. The van der Waals surface area contributed by atoms with E-state index in [1.54, 1.807) is 7.11 Å². The molecule has 3 aliphatic rings. The summed E-state index contributed by atoms with van der Waals surface area (Å²) in [6.45, 7) is 4.30. The number of ether oxygens (including phenoxy) is 2. The Morgan fingerprint density at radius 1 is 1.21 bits per heavy atom. The first-order valence-electron chi connectivity index (χ1n) is 8.54. The fourth-order valence-corrected chi connectivity index (χ4v) is 4.16. The van der Waals surface area contributed by atoms with Crippen molar-refractivity contribution in [2.24, 2.45) is 5.41 Å². The molecule has 3 fully saturated rings. The van der Waals surface area contributed by atoms with Crippen LogP contribution in [0.1, 0.15) is 18.4 Å². The van der Waals surface area contributed by atoms with Crippen molar-refractivity contribution in [3.05, 3.63) is 29.8 Å². The van der Waals surface area contributed by atoms with Crippen molar-refractivity contribution in [1.29, 1.82) is 0 Å². The third kappa shape index (κ3) is 2.96. The smallest absolute Gasteiger partial charge is 0.407 e. The van der Waals surface area contributed by atoms with Gasteiger partial charge in [-0.1, -0.05) is 12.1 Å². The average molecular weight is 332 g/mol. The van der Waals surface area contributed by atoms with Crippen LogP contribution in [-0.4, -0.2) is 66.5 Å². The molecule has 0 aromatic heterocycles. The van der Waals surface area contributed by atoms with E-state index in [1.165, 1.54) is 10.5 Å². The number of nitrogens with zero attached hydrogens (tertiary/aromatic N) is 2. The summed E-state index contributed by atoms with van der Waals surface area (Å²) < 4.78 is 11.3. The molecule has 0 bridgehead atoms. The Hall–Kier alpha value is -1.79. The van der Waals surface area contributed by atoms with Crippen molar-refractivity contribution in [2.75, 3.05) is 33.3 Å². The van der Waals surface area contributed by atoms with Crippen LogP contribution in [0.4, 0.5) is 4.79 Å². The molecule has 2 aliphatic heterocycles. The van der Waals surface area contributed by atoms with Crippen LogP contribution in [-0.2, 0) is 11.3 Å². The SMILES string of the molecule is COc1ccc(CN2CC(OC3CC4(C3)CN(C(=O)O)C4)C2)cc1. The van der Waals surface area contributed by atoms with Crippen LogP contribution < -0.4 is 4.74 Å². The molecule has 0 radical (unpaired) electrons. The van der Waals surface area contributed by atoms with Crippen molar-refractivity contribution in [1.82, 2.24) is 9.80 Å². The molecule has 1 spiro atoms. The van der Waals surface area contributed by atoms with Gasteiger partial charge in [-0.3, -0.25) is 4.90 Å². The van der Waals surface area contributed by atoms with E-state index in [-0.39, 0.29) is 5.41 Å². The topological polar surface area (TPSA) is 62.2 Å². The molecule has 6 nitrogen and oxygen atoms in total. The summed E-state index contributed by atoms with van der Waals surface area (Å²) in [6, 6.07) is 8.20. The molecule has 130 valence electrons. The summed E-state index contributed by atoms with van der Waals surface area (Å²) in [5.41, 5.74) is 1.52. The molecule has 0 unspecified atom stereocenters. The first-order chi connectivity index (χ1) is 11.5. The molecule has 1 amide bonds. The second kappa shape index (κ2) is 5.93. The Bertz CT molecular complexity index is 598. The third-order valence-electron chi connectivity index (χ3n) is 5.52. The standard InChI is InChI=1S/C18H24N2O4/c1-23-14-4-2-13(3-5-14)8-19-9-16(10-19)24-15-6-18(7-15)11-20(12-18)17(21)22/h2-5,15-16H,6-12H2,1H3,(H,21,22). The lowest BCUT2D eigenvalue weighted by atomic mass is 9.62. The molecule has 2 saturated heterocycles. The Labute approximate surface area is 141 Å². The van der Waals surface area contributed by atoms with E-state index in [2.05, 4.69) is 17.0 Å². The minimum atomic E-state index is -0.793. The van der Waals surface area contributed by atoms with Crippen molar-refractivity contribution < 1.29 is 19.4 Å². The van der Waals surface area contributed by atoms with Crippen LogP contribution in [0.3, 0.4) is 0 Å². The number of benzene rings is 1. The lowest BCUT2D eigenvalue weighted by Crippen LogP contribution is -2.66. The highest BCUT2D eigenvalue weighted by Gasteiger charge is 2.55. The van der Waals surface area contributed by atoms with Crippen LogP contribution in [0, 0.1) is 5.41 Å². The monoisotopic (exact) mass is 332 g/mol. The largest absolute Gasteiger partial charge is 0.497 e. The zero-order chi connectivity index (χ0) is 16.7. The summed E-state index contributed by atoms with van der Waals surface area (Å²) in [7, 11) is 1.68. The summed E-state index contributed by atoms with van der Waals surface area (Å²) in [5, 5.41) is 8.91. The van der Waals surface area contributed by atoms with Gasteiger partial charge in [0.05, 0.1) is 19.3 Å². The number of amides is 1. The van der Waals surface area contributed by atoms with Crippen molar-refractivity contribution >= 4 is 6.09 Å². The maximum absolute atomic E-state index is 10.8.